The molecule has 5 heteroatoms. The van der Waals surface area contributed by atoms with Crippen molar-refractivity contribution >= 4 is 22.6 Å². The van der Waals surface area contributed by atoms with Gasteiger partial charge in [0, 0.05) is 22.6 Å². The number of halogens is 1. The van der Waals surface area contributed by atoms with E-state index in [-0.39, 0.29) is 0 Å². The third kappa shape index (κ3) is 1.82. The van der Waals surface area contributed by atoms with Crippen molar-refractivity contribution in [2.75, 3.05) is 0 Å². The van der Waals surface area contributed by atoms with Crippen molar-refractivity contribution in [1.82, 2.24) is 15.0 Å². The molecule has 0 atom stereocenters. The summed E-state index contributed by atoms with van der Waals surface area (Å²) in [5.74, 6) is 0. The van der Waals surface area contributed by atoms with E-state index in [1.807, 2.05) is 22.6 Å². The lowest BCUT2D eigenvalue weighted by molar-refractivity contribution is 0.108. The maximum absolute atomic E-state index is 5.46. The van der Waals surface area contributed by atoms with Gasteiger partial charge < -0.3 is 4.74 Å². The van der Waals surface area contributed by atoms with Gasteiger partial charge in [0.15, 0.2) is 3.83 Å². The first-order chi connectivity index (χ1) is 5.84. The molecule has 0 unspecified atom stereocenters. The zero-order valence-corrected chi connectivity index (χ0v) is 8.56. The first-order valence-corrected chi connectivity index (χ1v) is 4.93. The molecule has 1 heterocycles. The molecule has 1 aromatic rings. The van der Waals surface area contributed by atoms with E-state index in [0.717, 1.165) is 12.8 Å². The van der Waals surface area contributed by atoms with Gasteiger partial charge in [-0.3, -0.25) is 0 Å². The van der Waals surface area contributed by atoms with Gasteiger partial charge >= 0.3 is 6.01 Å². The van der Waals surface area contributed by atoms with E-state index >= 15 is 0 Å². The van der Waals surface area contributed by atoms with Crippen molar-refractivity contribution < 1.29 is 4.74 Å². The van der Waals surface area contributed by atoms with Gasteiger partial charge in [0.1, 0.15) is 12.4 Å². The zero-order chi connectivity index (χ0) is 8.39. The predicted octanol–water partition coefficient (Wildman–Crippen LogP) is 1.41. The van der Waals surface area contributed by atoms with E-state index in [1.54, 1.807) is 0 Å². The van der Waals surface area contributed by atoms with Crippen LogP contribution in [0.3, 0.4) is 0 Å². The Morgan fingerprint density at radius 3 is 2.83 bits per heavy atom. The average molecular weight is 277 g/mol. The van der Waals surface area contributed by atoms with Crippen LogP contribution in [0.1, 0.15) is 19.3 Å². The Hall–Kier alpha value is -0.460. The zero-order valence-electron chi connectivity index (χ0n) is 6.40. The van der Waals surface area contributed by atoms with Crippen LogP contribution < -0.4 is 4.74 Å². The van der Waals surface area contributed by atoms with E-state index in [4.69, 9.17) is 4.74 Å². The van der Waals surface area contributed by atoms with Gasteiger partial charge in [0.2, 0.25) is 0 Å². The topological polar surface area (TPSA) is 47.9 Å². The summed E-state index contributed by atoms with van der Waals surface area (Å²) in [7, 11) is 0. The molecule has 0 radical (unpaired) electrons. The highest BCUT2D eigenvalue weighted by Gasteiger charge is 2.20. The molecule has 1 aromatic heterocycles. The monoisotopic (exact) mass is 277 g/mol. The summed E-state index contributed by atoms with van der Waals surface area (Å²) in [4.78, 5) is 11.8. The van der Waals surface area contributed by atoms with Crippen LogP contribution in [0.2, 0.25) is 0 Å². The number of rotatable bonds is 2. The van der Waals surface area contributed by atoms with Gasteiger partial charge in [0.25, 0.3) is 0 Å². The normalized spacial score (nSPS) is 17.1. The van der Waals surface area contributed by atoms with Crippen LogP contribution in [-0.2, 0) is 0 Å². The Morgan fingerprint density at radius 2 is 2.25 bits per heavy atom. The molecule has 2 rings (SSSR count). The number of ether oxygens (including phenoxy) is 1. The van der Waals surface area contributed by atoms with Crippen molar-refractivity contribution in [1.29, 1.82) is 0 Å². The maximum Gasteiger partial charge on any atom is 0.320 e. The Labute approximate surface area is 83.9 Å². The van der Waals surface area contributed by atoms with E-state index < -0.39 is 0 Å². The molecule has 1 saturated carbocycles. The third-order valence-electron chi connectivity index (χ3n) is 1.84. The summed E-state index contributed by atoms with van der Waals surface area (Å²) in [6.45, 7) is 0. The molecule has 0 N–H and O–H groups in total. The summed E-state index contributed by atoms with van der Waals surface area (Å²) >= 11 is 2.04. The molecule has 0 bridgehead atoms. The molecule has 0 aromatic carbocycles. The average Bonchev–Trinajstić information content (AvgIpc) is 1.97. The van der Waals surface area contributed by atoms with Crippen LogP contribution in [0.5, 0.6) is 6.01 Å². The quantitative estimate of drug-likeness (QED) is 0.767. The summed E-state index contributed by atoms with van der Waals surface area (Å²) in [6.07, 6.45) is 5.32. The summed E-state index contributed by atoms with van der Waals surface area (Å²) in [5, 5.41) is 0. The van der Waals surface area contributed by atoms with Crippen molar-refractivity contribution in [2.45, 2.75) is 25.4 Å². The van der Waals surface area contributed by atoms with Crippen molar-refractivity contribution in [2.24, 2.45) is 0 Å². The molecule has 0 amide bonds. The van der Waals surface area contributed by atoms with Gasteiger partial charge in [-0.2, -0.15) is 9.97 Å². The predicted molar refractivity (Wildman–Crippen MR) is 50.8 cm³/mol. The van der Waals surface area contributed by atoms with Crippen LogP contribution in [0, 0.1) is 3.83 Å². The Balaban J connectivity index is 2.02. The molecule has 64 valence electrons. The van der Waals surface area contributed by atoms with Gasteiger partial charge in [-0.15, -0.1) is 0 Å². The first-order valence-electron chi connectivity index (χ1n) is 3.86. The summed E-state index contributed by atoms with van der Waals surface area (Å²) < 4.78 is 6.14. The van der Waals surface area contributed by atoms with Crippen molar-refractivity contribution in [3.05, 3.63) is 10.2 Å². The van der Waals surface area contributed by atoms with Crippen LogP contribution >= 0.6 is 22.6 Å². The number of hydrogen-bond acceptors (Lipinski definition) is 4. The molecule has 0 saturated heterocycles. The van der Waals surface area contributed by atoms with Gasteiger partial charge in [-0.05, 0) is 19.3 Å². The molecule has 0 aliphatic heterocycles. The maximum atomic E-state index is 5.46. The summed E-state index contributed by atoms with van der Waals surface area (Å²) in [5.41, 5.74) is 0. The largest absolute Gasteiger partial charge is 0.460 e. The highest BCUT2D eigenvalue weighted by molar-refractivity contribution is 14.1. The second kappa shape index (κ2) is 3.51. The van der Waals surface area contributed by atoms with Crippen molar-refractivity contribution in [3.63, 3.8) is 0 Å². The first kappa shape index (κ1) is 8.15. The molecule has 0 spiro atoms. The van der Waals surface area contributed by atoms with E-state index in [2.05, 4.69) is 15.0 Å². The third-order valence-corrected chi connectivity index (χ3v) is 2.36. The molecular weight excluding hydrogens is 269 g/mol. The fourth-order valence-electron chi connectivity index (χ4n) is 0.957. The molecular formula is C7H8IN3O. The molecule has 1 aliphatic rings. The minimum absolute atomic E-state index is 0.336. The van der Waals surface area contributed by atoms with Gasteiger partial charge in [-0.1, -0.05) is 0 Å². The smallest absolute Gasteiger partial charge is 0.320 e. The van der Waals surface area contributed by atoms with Crippen LogP contribution in [0.4, 0.5) is 0 Å². The van der Waals surface area contributed by atoms with E-state index in [0.29, 0.717) is 15.9 Å². The van der Waals surface area contributed by atoms with Crippen LogP contribution in [0.15, 0.2) is 6.33 Å². The Bertz CT molecular complexity index is 277. The lowest BCUT2D eigenvalue weighted by Gasteiger charge is -2.24. The second-order valence-electron chi connectivity index (χ2n) is 2.71. The Kier molecular flexibility index (Phi) is 2.38. The fourth-order valence-corrected chi connectivity index (χ4v) is 1.29. The minimum atomic E-state index is 0.336. The molecule has 1 aliphatic carbocycles. The number of nitrogens with zero attached hydrogens (tertiary/aromatic N) is 3. The highest BCUT2D eigenvalue weighted by Crippen LogP contribution is 2.22. The Morgan fingerprint density at radius 1 is 1.42 bits per heavy atom. The lowest BCUT2D eigenvalue weighted by atomic mass is 9.96. The van der Waals surface area contributed by atoms with Crippen molar-refractivity contribution in [3.8, 4) is 6.01 Å². The second-order valence-corrected chi connectivity index (χ2v) is 3.67. The number of aromatic nitrogens is 3. The summed E-state index contributed by atoms with van der Waals surface area (Å²) in [6, 6.07) is 0.458. The van der Waals surface area contributed by atoms with Crippen LogP contribution in [0.25, 0.3) is 0 Å². The van der Waals surface area contributed by atoms with E-state index in [9.17, 15) is 0 Å². The molecule has 4 nitrogen and oxygen atoms in total. The van der Waals surface area contributed by atoms with Gasteiger partial charge in [0.05, 0.1) is 0 Å². The lowest BCUT2D eigenvalue weighted by Crippen LogP contribution is -2.25. The van der Waals surface area contributed by atoms with E-state index in [1.165, 1.54) is 12.7 Å². The standard InChI is InChI=1S/C7H8IN3O/c8-6-9-4-10-7(11-6)12-5-2-1-3-5/h4-5H,1-3H2. The highest BCUT2D eigenvalue weighted by atomic mass is 127. The van der Waals surface area contributed by atoms with Gasteiger partial charge in [-0.25, -0.2) is 4.98 Å². The fraction of sp³-hybridized carbons (Fsp3) is 0.571. The molecule has 1 fully saturated rings. The SMILES string of the molecule is Ic1ncnc(OC2CCC2)n1. The minimum Gasteiger partial charge on any atom is -0.460 e. The molecule has 12 heavy (non-hydrogen) atoms. The van der Waals surface area contributed by atoms with Crippen LogP contribution in [-0.4, -0.2) is 21.1 Å². The number of hydrogen-bond donors (Lipinski definition) is 0.